The molecule has 0 saturated heterocycles. The zero-order chi connectivity index (χ0) is 19.4. The van der Waals surface area contributed by atoms with E-state index in [-0.39, 0.29) is 24.1 Å². The number of anilines is 1. The molecule has 1 aliphatic rings. The van der Waals surface area contributed by atoms with Crippen molar-refractivity contribution < 1.29 is 13.5 Å². The third-order valence-corrected chi connectivity index (χ3v) is 6.24. The topological polar surface area (TPSA) is 108 Å². The number of benzene rings is 1. The minimum atomic E-state index is -3.24. The second-order valence-electron chi connectivity index (χ2n) is 6.13. The van der Waals surface area contributed by atoms with Crippen molar-refractivity contribution in [1.82, 2.24) is 19.8 Å². The van der Waals surface area contributed by atoms with Gasteiger partial charge in [-0.15, -0.1) is 0 Å². The van der Waals surface area contributed by atoms with Crippen molar-refractivity contribution in [2.75, 3.05) is 24.2 Å². The minimum Gasteiger partial charge on any atom is -0.508 e. The molecule has 1 aliphatic heterocycles. The van der Waals surface area contributed by atoms with E-state index in [0.717, 1.165) is 15.9 Å². The van der Waals surface area contributed by atoms with E-state index in [9.17, 15) is 13.5 Å². The fourth-order valence-corrected chi connectivity index (χ4v) is 4.32. The van der Waals surface area contributed by atoms with Gasteiger partial charge < -0.3 is 15.7 Å². The molecule has 0 bridgehead atoms. The Labute approximate surface area is 166 Å². The normalized spacial score (nSPS) is 16.4. The number of phenolic OH excluding ortho intramolecular Hbond substituents is 1. The van der Waals surface area contributed by atoms with Gasteiger partial charge in [0.1, 0.15) is 17.4 Å². The van der Waals surface area contributed by atoms with Gasteiger partial charge in [0.15, 0.2) is 0 Å². The third-order valence-electron chi connectivity index (χ3n) is 4.07. The van der Waals surface area contributed by atoms with Crippen molar-refractivity contribution in [3.05, 3.63) is 46.6 Å². The summed E-state index contributed by atoms with van der Waals surface area (Å²) >= 11 is 3.47. The van der Waals surface area contributed by atoms with Crippen LogP contribution in [0.15, 0.2) is 41.0 Å². The molecule has 1 unspecified atom stereocenters. The molecule has 2 aromatic rings. The van der Waals surface area contributed by atoms with Crippen LogP contribution in [0.2, 0.25) is 0 Å². The van der Waals surface area contributed by atoms with Crippen molar-refractivity contribution in [3.63, 3.8) is 0 Å². The zero-order valence-electron chi connectivity index (χ0n) is 14.8. The molecule has 1 aromatic carbocycles. The molecule has 2 heterocycles. The largest absolute Gasteiger partial charge is 0.508 e. The van der Waals surface area contributed by atoms with E-state index in [1.807, 2.05) is 25.1 Å². The van der Waals surface area contributed by atoms with Crippen LogP contribution in [0.1, 0.15) is 24.9 Å². The molecule has 0 saturated carbocycles. The van der Waals surface area contributed by atoms with Crippen LogP contribution in [0.4, 0.5) is 5.82 Å². The van der Waals surface area contributed by atoms with Gasteiger partial charge in [0, 0.05) is 18.7 Å². The predicted octanol–water partition coefficient (Wildman–Crippen LogP) is 2.24. The van der Waals surface area contributed by atoms with E-state index in [1.165, 1.54) is 0 Å². The van der Waals surface area contributed by atoms with E-state index in [0.29, 0.717) is 18.8 Å². The maximum atomic E-state index is 11.7. The number of fused-ring (bicyclic) bond motifs is 1. The molecule has 0 spiro atoms. The van der Waals surface area contributed by atoms with Crippen LogP contribution in [0, 0.1) is 0 Å². The highest BCUT2D eigenvalue weighted by Gasteiger charge is 2.24. The summed E-state index contributed by atoms with van der Waals surface area (Å²) in [5.41, 5.74) is 0.736. The van der Waals surface area contributed by atoms with Crippen LogP contribution in [0.5, 0.6) is 5.75 Å². The average molecular weight is 456 g/mol. The summed E-state index contributed by atoms with van der Waals surface area (Å²) in [6.45, 7) is 2.50. The van der Waals surface area contributed by atoms with Crippen LogP contribution >= 0.6 is 15.9 Å². The number of aromatic nitrogens is 2. The lowest BCUT2D eigenvalue weighted by Crippen LogP contribution is -2.34. The Morgan fingerprint density at radius 3 is 2.85 bits per heavy atom. The number of hydrogen-bond acceptors (Lipinski definition) is 6. The highest BCUT2D eigenvalue weighted by Crippen LogP contribution is 2.36. The second-order valence-corrected chi connectivity index (χ2v) is 8.91. The lowest BCUT2D eigenvalue weighted by molar-refractivity contribution is 0.466. The van der Waals surface area contributed by atoms with Gasteiger partial charge in [-0.3, -0.25) is 0 Å². The van der Waals surface area contributed by atoms with E-state index in [4.69, 9.17) is 0 Å². The molecule has 0 amide bonds. The van der Waals surface area contributed by atoms with Gasteiger partial charge in [0.05, 0.1) is 22.5 Å². The summed E-state index contributed by atoms with van der Waals surface area (Å²) in [5, 5.41) is 21.0. The van der Waals surface area contributed by atoms with Crippen LogP contribution in [-0.2, 0) is 10.0 Å². The number of nitrogens with zero attached hydrogens (tertiary/aromatic N) is 2. The van der Waals surface area contributed by atoms with Gasteiger partial charge in [0.2, 0.25) is 10.0 Å². The van der Waals surface area contributed by atoms with E-state index >= 15 is 0 Å². The lowest BCUT2D eigenvalue weighted by atomic mass is 10.0. The van der Waals surface area contributed by atoms with Crippen molar-refractivity contribution in [3.8, 4) is 5.75 Å². The first-order valence-corrected chi connectivity index (χ1v) is 11.1. The first kappa shape index (κ1) is 19.7. The van der Waals surface area contributed by atoms with Crippen LogP contribution in [0.25, 0.3) is 5.82 Å². The van der Waals surface area contributed by atoms with Gasteiger partial charge in [-0.05, 0) is 34.5 Å². The molecular weight excluding hydrogens is 434 g/mol. The molecule has 0 radical (unpaired) electrons. The van der Waals surface area contributed by atoms with Gasteiger partial charge >= 0.3 is 0 Å². The molecule has 146 valence electrons. The van der Waals surface area contributed by atoms with Crippen LogP contribution in [-0.4, -0.2) is 42.1 Å². The number of para-hydroxylation sites is 1. The van der Waals surface area contributed by atoms with Gasteiger partial charge in [-0.25, -0.2) is 17.8 Å². The zero-order valence-corrected chi connectivity index (χ0v) is 17.2. The van der Waals surface area contributed by atoms with Crippen LogP contribution < -0.4 is 15.4 Å². The second kappa shape index (κ2) is 8.32. The number of halogens is 1. The van der Waals surface area contributed by atoms with E-state index in [2.05, 4.69) is 36.4 Å². The maximum absolute atomic E-state index is 11.7. The third kappa shape index (κ3) is 4.63. The predicted molar refractivity (Wildman–Crippen MR) is 109 cm³/mol. The number of phenols is 1. The molecule has 0 aliphatic carbocycles. The molecule has 1 atom stereocenters. The number of sulfonamides is 1. The number of rotatable bonds is 8. The molecule has 8 nitrogen and oxygen atoms in total. The summed E-state index contributed by atoms with van der Waals surface area (Å²) in [4.78, 5) is 0. The Morgan fingerprint density at radius 1 is 1.33 bits per heavy atom. The van der Waals surface area contributed by atoms with Gasteiger partial charge in [0.25, 0.3) is 0 Å². The van der Waals surface area contributed by atoms with Crippen LogP contribution in [0.3, 0.4) is 0 Å². The molecule has 10 heteroatoms. The molecule has 1 aromatic heterocycles. The molecule has 3 rings (SSSR count). The van der Waals surface area contributed by atoms with E-state index < -0.39 is 10.0 Å². The Morgan fingerprint density at radius 2 is 2.11 bits per heavy atom. The van der Waals surface area contributed by atoms with Crippen molar-refractivity contribution in [2.45, 2.75) is 19.4 Å². The maximum Gasteiger partial charge on any atom is 0.211 e. The smallest absolute Gasteiger partial charge is 0.211 e. The molecule has 27 heavy (non-hydrogen) atoms. The van der Waals surface area contributed by atoms with Crippen molar-refractivity contribution >= 4 is 37.6 Å². The fraction of sp³-hybridized carbons (Fsp3) is 0.353. The lowest BCUT2D eigenvalue weighted by Gasteiger charge is -2.26. The fourth-order valence-electron chi connectivity index (χ4n) is 2.85. The Bertz CT molecular complexity index is 942. The molecular formula is C17H22BrN5O3S. The summed E-state index contributed by atoms with van der Waals surface area (Å²) in [5.74, 6) is 1.77. The Balaban J connectivity index is 1.76. The minimum absolute atomic E-state index is 0.116. The molecule has 4 N–H and O–H groups in total. The number of aromatic hydroxyl groups is 1. The highest BCUT2D eigenvalue weighted by atomic mass is 79.9. The summed E-state index contributed by atoms with van der Waals surface area (Å²) in [6, 6.07) is 6.86. The van der Waals surface area contributed by atoms with Gasteiger partial charge in [-0.2, -0.15) is 5.10 Å². The number of hydrogen-bond donors (Lipinski definition) is 4. The average Bonchev–Trinajstić information content (AvgIpc) is 3.00. The summed E-state index contributed by atoms with van der Waals surface area (Å²) < 4.78 is 28.5. The molecule has 0 fully saturated rings. The Hall–Kier alpha value is -2.04. The number of nitrogens with one attached hydrogen (secondary N) is 3. The quantitative estimate of drug-likeness (QED) is 0.454. The summed E-state index contributed by atoms with van der Waals surface area (Å²) in [6.07, 6.45) is 4.16. The SMILES string of the molecule is CCCS(=O)(=O)NCCNC1=CC(c2ccccc2O)Nc2c(Br)cnn21. The first-order chi connectivity index (χ1) is 12.9. The standard InChI is InChI=1S/C17H22BrN5O3S/c1-2-9-27(25,26)21-8-7-19-16-10-14(12-5-3-4-6-15(12)24)22-17-13(18)11-20-23(16)17/h3-6,10-11,14,19,21-22,24H,2,7-9H2,1H3. The Kier molecular flexibility index (Phi) is 6.08. The first-order valence-electron chi connectivity index (χ1n) is 8.62. The van der Waals surface area contributed by atoms with E-state index in [1.54, 1.807) is 23.0 Å². The monoisotopic (exact) mass is 455 g/mol. The van der Waals surface area contributed by atoms with Crippen molar-refractivity contribution in [2.24, 2.45) is 0 Å². The van der Waals surface area contributed by atoms with Gasteiger partial charge in [-0.1, -0.05) is 25.1 Å². The van der Waals surface area contributed by atoms with Crippen molar-refractivity contribution in [1.29, 1.82) is 0 Å². The highest BCUT2D eigenvalue weighted by molar-refractivity contribution is 9.10. The summed E-state index contributed by atoms with van der Waals surface area (Å²) in [7, 11) is -3.24.